The van der Waals surface area contributed by atoms with Gasteiger partial charge in [-0.25, -0.2) is 4.98 Å². The van der Waals surface area contributed by atoms with Crippen LogP contribution in [0.4, 0.5) is 0 Å². The van der Waals surface area contributed by atoms with E-state index in [0.29, 0.717) is 16.9 Å². The third-order valence-electron chi connectivity index (χ3n) is 6.12. The van der Waals surface area contributed by atoms with Crippen LogP contribution in [0, 0.1) is 0 Å². The fourth-order valence-corrected chi connectivity index (χ4v) is 4.64. The van der Waals surface area contributed by atoms with E-state index in [2.05, 4.69) is 0 Å². The summed E-state index contributed by atoms with van der Waals surface area (Å²) in [5.74, 6) is 0.653. The van der Waals surface area contributed by atoms with Crippen LogP contribution in [-0.4, -0.2) is 14.1 Å². The standard InChI is InChI=1S/C24H23N3O2/c1-26-19-15-9-8-14-18(19)21(28)20-23(26)25-22(16-10-4-2-5-11-16)27(24(20)29)17-12-6-3-7-13-17/h2,4-5,8-11,14-15,17H,3,6-7,12-13H2,1H3. The molecule has 5 rings (SSSR count). The molecule has 0 unspecified atom stereocenters. The first-order valence-corrected chi connectivity index (χ1v) is 10.3. The van der Waals surface area contributed by atoms with E-state index in [9.17, 15) is 9.59 Å². The van der Waals surface area contributed by atoms with Gasteiger partial charge in [0, 0.05) is 24.0 Å². The van der Waals surface area contributed by atoms with Gasteiger partial charge in [-0.05, 0) is 25.0 Å². The Morgan fingerprint density at radius 1 is 0.897 bits per heavy atom. The molecule has 0 radical (unpaired) electrons. The smallest absolute Gasteiger partial charge is 0.267 e. The van der Waals surface area contributed by atoms with Gasteiger partial charge < -0.3 is 4.57 Å². The van der Waals surface area contributed by atoms with E-state index in [1.54, 1.807) is 10.6 Å². The number of nitrogens with zero attached hydrogens (tertiary/aromatic N) is 3. The van der Waals surface area contributed by atoms with Crippen molar-refractivity contribution in [1.29, 1.82) is 0 Å². The van der Waals surface area contributed by atoms with Crippen LogP contribution < -0.4 is 11.0 Å². The lowest BCUT2D eigenvalue weighted by Crippen LogP contribution is -2.32. The van der Waals surface area contributed by atoms with E-state index in [-0.39, 0.29) is 22.4 Å². The lowest BCUT2D eigenvalue weighted by Gasteiger charge is -2.27. The Labute approximate surface area is 168 Å². The molecule has 1 fully saturated rings. The number of hydrogen-bond donors (Lipinski definition) is 0. The maximum atomic E-state index is 13.7. The first-order chi connectivity index (χ1) is 14.2. The van der Waals surface area contributed by atoms with E-state index < -0.39 is 0 Å². The van der Waals surface area contributed by atoms with Crippen LogP contribution in [0.5, 0.6) is 0 Å². The van der Waals surface area contributed by atoms with Crippen LogP contribution in [0.3, 0.4) is 0 Å². The van der Waals surface area contributed by atoms with E-state index in [1.165, 1.54) is 6.42 Å². The molecule has 5 heteroatoms. The second-order valence-corrected chi connectivity index (χ2v) is 7.87. The summed E-state index contributed by atoms with van der Waals surface area (Å²) in [5, 5.41) is 0.750. The van der Waals surface area contributed by atoms with Crippen LogP contribution in [0.2, 0.25) is 0 Å². The Bertz CT molecular complexity index is 1330. The number of pyridine rings is 1. The number of aromatic nitrogens is 3. The summed E-state index contributed by atoms with van der Waals surface area (Å²) in [5.41, 5.74) is 1.69. The average molecular weight is 385 g/mol. The lowest BCUT2D eigenvalue weighted by molar-refractivity contribution is 0.348. The van der Waals surface area contributed by atoms with E-state index in [1.807, 2.05) is 60.1 Å². The molecule has 1 aliphatic rings. The molecule has 0 N–H and O–H groups in total. The predicted octanol–water partition coefficient (Wildman–Crippen LogP) is 4.42. The molecule has 0 saturated heterocycles. The van der Waals surface area contributed by atoms with Gasteiger partial charge in [-0.1, -0.05) is 61.7 Å². The average Bonchev–Trinajstić information content (AvgIpc) is 2.78. The number of benzene rings is 2. The highest BCUT2D eigenvalue weighted by molar-refractivity contribution is 5.91. The molecule has 0 amide bonds. The number of fused-ring (bicyclic) bond motifs is 2. The maximum Gasteiger partial charge on any atom is 0.267 e. The van der Waals surface area contributed by atoms with Gasteiger partial charge in [0.1, 0.15) is 11.2 Å². The molecular formula is C24H23N3O2. The van der Waals surface area contributed by atoms with Crippen molar-refractivity contribution in [2.24, 2.45) is 7.05 Å². The maximum absolute atomic E-state index is 13.7. The molecule has 1 aliphatic carbocycles. The SMILES string of the molecule is Cn1c2ccccc2c(=O)c2c(=O)n(C3CCCCC3)c(-c3ccccc3)nc21. The molecule has 29 heavy (non-hydrogen) atoms. The van der Waals surface area contributed by atoms with E-state index in [4.69, 9.17) is 4.98 Å². The molecule has 5 nitrogen and oxygen atoms in total. The Hall–Kier alpha value is -3.21. The Morgan fingerprint density at radius 2 is 1.59 bits per heavy atom. The van der Waals surface area contributed by atoms with Crippen LogP contribution >= 0.6 is 0 Å². The quantitative estimate of drug-likeness (QED) is 0.480. The van der Waals surface area contributed by atoms with Crippen molar-refractivity contribution in [3.8, 4) is 11.4 Å². The number of rotatable bonds is 2. The zero-order chi connectivity index (χ0) is 20.0. The van der Waals surface area contributed by atoms with Crippen molar-refractivity contribution < 1.29 is 0 Å². The van der Waals surface area contributed by atoms with Gasteiger partial charge in [0.25, 0.3) is 5.56 Å². The van der Waals surface area contributed by atoms with Crippen molar-refractivity contribution in [1.82, 2.24) is 14.1 Å². The minimum Gasteiger partial charge on any atom is -0.328 e. The summed E-state index contributed by atoms with van der Waals surface area (Å²) in [6.45, 7) is 0. The van der Waals surface area contributed by atoms with Gasteiger partial charge in [-0.15, -0.1) is 0 Å². The third-order valence-corrected chi connectivity index (χ3v) is 6.12. The van der Waals surface area contributed by atoms with Gasteiger partial charge >= 0.3 is 0 Å². The van der Waals surface area contributed by atoms with Crippen molar-refractivity contribution in [2.75, 3.05) is 0 Å². The lowest BCUT2D eigenvalue weighted by atomic mass is 9.94. The van der Waals surface area contributed by atoms with Crippen molar-refractivity contribution in [3.63, 3.8) is 0 Å². The Kier molecular flexibility index (Phi) is 4.31. The molecular weight excluding hydrogens is 362 g/mol. The molecule has 4 aromatic rings. The number of para-hydroxylation sites is 1. The molecule has 2 heterocycles. The Balaban J connectivity index is 1.94. The highest BCUT2D eigenvalue weighted by Crippen LogP contribution is 2.31. The molecule has 2 aromatic carbocycles. The summed E-state index contributed by atoms with van der Waals surface area (Å²) < 4.78 is 3.66. The van der Waals surface area contributed by atoms with Crippen molar-refractivity contribution in [2.45, 2.75) is 38.1 Å². The zero-order valence-corrected chi connectivity index (χ0v) is 16.5. The molecule has 0 spiro atoms. The Morgan fingerprint density at radius 3 is 2.34 bits per heavy atom. The van der Waals surface area contributed by atoms with Crippen molar-refractivity contribution in [3.05, 3.63) is 75.2 Å². The monoisotopic (exact) mass is 385 g/mol. The number of hydrogen-bond acceptors (Lipinski definition) is 3. The van der Waals surface area contributed by atoms with Crippen molar-refractivity contribution >= 4 is 21.9 Å². The largest absolute Gasteiger partial charge is 0.328 e. The molecule has 1 saturated carbocycles. The normalized spacial score (nSPS) is 15.2. The fourth-order valence-electron chi connectivity index (χ4n) is 4.64. The molecule has 0 aliphatic heterocycles. The summed E-state index contributed by atoms with van der Waals surface area (Å²) in [7, 11) is 1.87. The molecule has 146 valence electrons. The first-order valence-electron chi connectivity index (χ1n) is 10.3. The van der Waals surface area contributed by atoms with Crippen LogP contribution in [0.1, 0.15) is 38.1 Å². The van der Waals surface area contributed by atoms with Gasteiger partial charge in [-0.2, -0.15) is 0 Å². The molecule has 0 bridgehead atoms. The van der Waals surface area contributed by atoms with Gasteiger partial charge in [-0.3, -0.25) is 14.2 Å². The van der Waals surface area contributed by atoms with Crippen LogP contribution in [-0.2, 0) is 7.05 Å². The second kappa shape index (κ2) is 6.99. The van der Waals surface area contributed by atoms with Gasteiger partial charge in [0.15, 0.2) is 5.65 Å². The van der Waals surface area contributed by atoms with E-state index in [0.717, 1.165) is 36.8 Å². The summed E-state index contributed by atoms with van der Waals surface area (Å²) in [6, 6.07) is 17.3. The second-order valence-electron chi connectivity index (χ2n) is 7.87. The predicted molar refractivity (Wildman–Crippen MR) is 116 cm³/mol. The topological polar surface area (TPSA) is 56.9 Å². The first kappa shape index (κ1) is 17.9. The summed E-state index contributed by atoms with van der Waals surface area (Å²) in [6.07, 6.45) is 5.28. The van der Waals surface area contributed by atoms with Crippen LogP contribution in [0.15, 0.2) is 64.2 Å². The minimum absolute atomic E-state index is 0.0829. The van der Waals surface area contributed by atoms with E-state index >= 15 is 0 Å². The van der Waals surface area contributed by atoms with Gasteiger partial charge in [0.05, 0.1) is 5.52 Å². The molecule has 2 aromatic heterocycles. The molecule has 0 atom stereocenters. The minimum atomic E-state index is -0.227. The van der Waals surface area contributed by atoms with Crippen LogP contribution in [0.25, 0.3) is 33.3 Å². The highest BCUT2D eigenvalue weighted by atomic mass is 16.1. The summed E-state index contributed by atoms with van der Waals surface area (Å²) in [4.78, 5) is 31.9. The summed E-state index contributed by atoms with van der Waals surface area (Å²) >= 11 is 0. The zero-order valence-electron chi connectivity index (χ0n) is 16.5. The fraction of sp³-hybridized carbons (Fsp3) is 0.292. The highest BCUT2D eigenvalue weighted by Gasteiger charge is 2.24. The number of aryl methyl sites for hydroxylation is 1. The van der Waals surface area contributed by atoms with Gasteiger partial charge in [0.2, 0.25) is 5.43 Å². The third kappa shape index (κ3) is 2.80.